The van der Waals surface area contributed by atoms with E-state index in [1.807, 2.05) is 0 Å². The van der Waals surface area contributed by atoms with E-state index in [0.29, 0.717) is 5.78 Å². The average Bonchev–Trinajstić information content (AvgIpc) is 2.74. The van der Waals surface area contributed by atoms with Gasteiger partial charge in [0.15, 0.2) is 5.78 Å². The maximum absolute atomic E-state index is 11.8. The highest BCUT2D eigenvalue weighted by Crippen LogP contribution is 2.27. The lowest BCUT2D eigenvalue weighted by Crippen LogP contribution is -2.13. The summed E-state index contributed by atoms with van der Waals surface area (Å²) in [7, 11) is 0. The summed E-state index contributed by atoms with van der Waals surface area (Å²) in [6, 6.07) is 0. The maximum Gasteiger partial charge on any atom is 0.164 e. The summed E-state index contributed by atoms with van der Waals surface area (Å²) in [4.78, 5) is 11.8. The minimum atomic E-state index is 0.355. The molecule has 1 fully saturated rings. The van der Waals surface area contributed by atoms with Crippen LogP contribution in [0.25, 0.3) is 0 Å². The predicted octanol–water partition coefficient (Wildman–Crippen LogP) is 3.59. The van der Waals surface area contributed by atoms with Gasteiger partial charge in [-0.3, -0.25) is 4.79 Å². The second-order valence-corrected chi connectivity index (χ2v) is 5.67. The Balaban J connectivity index is 1.73. The molecule has 1 saturated carbocycles. The number of fused-ring (bicyclic) bond motifs is 1. The molecule has 0 spiro atoms. The predicted molar refractivity (Wildman–Crippen MR) is 68.3 cm³/mol. The van der Waals surface area contributed by atoms with Crippen LogP contribution in [0, 0.1) is 5.92 Å². The molecule has 2 nitrogen and oxygen atoms in total. The Morgan fingerprint density at radius 3 is 2.65 bits per heavy atom. The lowest BCUT2D eigenvalue weighted by Gasteiger charge is -2.21. The van der Waals surface area contributed by atoms with E-state index in [1.165, 1.54) is 37.7 Å². The second kappa shape index (κ2) is 4.67. The number of nitrogens with zero attached hydrogens (tertiary/aromatic N) is 1. The molecule has 0 atom stereocenters. The van der Waals surface area contributed by atoms with Gasteiger partial charge in [-0.25, -0.2) is 0 Å². The quantitative estimate of drug-likeness (QED) is 0.762. The van der Waals surface area contributed by atoms with Crippen molar-refractivity contribution in [1.82, 2.24) is 4.57 Å². The summed E-state index contributed by atoms with van der Waals surface area (Å²) < 4.78 is 2.28. The number of aromatic nitrogens is 1. The zero-order chi connectivity index (χ0) is 11.7. The molecular formula is C15H21NO. The number of aryl methyl sites for hydroxylation is 1. The maximum atomic E-state index is 11.8. The Morgan fingerprint density at radius 1 is 1.06 bits per heavy atom. The molecule has 17 heavy (non-hydrogen) atoms. The molecule has 0 aromatic carbocycles. The van der Waals surface area contributed by atoms with Crippen LogP contribution in [0.4, 0.5) is 0 Å². The number of carbonyl (C=O) groups excluding carboxylic acids is 1. The number of hydrogen-bond acceptors (Lipinski definition) is 1. The van der Waals surface area contributed by atoms with E-state index in [1.54, 1.807) is 0 Å². The third kappa shape index (κ3) is 2.31. The van der Waals surface area contributed by atoms with Crippen molar-refractivity contribution in [3.05, 3.63) is 23.5 Å². The van der Waals surface area contributed by atoms with E-state index >= 15 is 0 Å². The highest BCUT2D eigenvalue weighted by Gasteiger charge is 2.20. The molecule has 92 valence electrons. The molecule has 1 aromatic heterocycles. The molecule has 0 saturated heterocycles. The van der Waals surface area contributed by atoms with Crippen molar-refractivity contribution in [2.75, 3.05) is 0 Å². The van der Waals surface area contributed by atoms with Gasteiger partial charge in [0.25, 0.3) is 0 Å². The van der Waals surface area contributed by atoms with Crippen molar-refractivity contribution in [3.8, 4) is 0 Å². The van der Waals surface area contributed by atoms with Crippen molar-refractivity contribution < 1.29 is 4.79 Å². The summed E-state index contributed by atoms with van der Waals surface area (Å²) in [6.45, 7) is 1.13. The fourth-order valence-corrected chi connectivity index (χ4v) is 3.35. The molecule has 1 aromatic rings. The minimum Gasteiger partial charge on any atom is -0.353 e. The van der Waals surface area contributed by atoms with Crippen molar-refractivity contribution in [2.45, 2.75) is 57.9 Å². The van der Waals surface area contributed by atoms with Crippen LogP contribution >= 0.6 is 0 Å². The third-order valence-corrected chi connectivity index (χ3v) is 4.31. The Kier molecular flexibility index (Phi) is 3.04. The number of hydrogen-bond donors (Lipinski definition) is 0. The molecule has 3 rings (SSSR count). The normalized spacial score (nSPS) is 21.5. The highest BCUT2D eigenvalue weighted by atomic mass is 16.1. The van der Waals surface area contributed by atoms with E-state index in [9.17, 15) is 4.79 Å². The molecule has 1 heterocycles. The third-order valence-electron chi connectivity index (χ3n) is 4.31. The summed E-state index contributed by atoms with van der Waals surface area (Å²) >= 11 is 0. The second-order valence-electron chi connectivity index (χ2n) is 5.67. The Hall–Kier alpha value is -1.05. The van der Waals surface area contributed by atoms with Crippen LogP contribution in [0.2, 0.25) is 0 Å². The first kappa shape index (κ1) is 11.1. The van der Waals surface area contributed by atoms with Crippen LogP contribution < -0.4 is 0 Å². The summed E-state index contributed by atoms with van der Waals surface area (Å²) in [5.74, 6) is 1.20. The van der Waals surface area contributed by atoms with Gasteiger partial charge < -0.3 is 4.57 Å². The van der Waals surface area contributed by atoms with Crippen molar-refractivity contribution >= 4 is 5.78 Å². The molecule has 0 unspecified atom stereocenters. The number of Topliss-reactive ketones (excluding diaryl/α,β-unsaturated/α-hetero) is 1. The first-order chi connectivity index (χ1) is 8.33. The topological polar surface area (TPSA) is 22.0 Å². The van der Waals surface area contributed by atoms with Crippen LogP contribution in [0.1, 0.15) is 60.9 Å². The van der Waals surface area contributed by atoms with Crippen LogP contribution in [-0.4, -0.2) is 10.4 Å². The summed E-state index contributed by atoms with van der Waals surface area (Å²) in [5, 5.41) is 0. The highest BCUT2D eigenvalue weighted by molar-refractivity contribution is 5.98. The summed E-state index contributed by atoms with van der Waals surface area (Å²) in [5.41, 5.74) is 2.30. The monoisotopic (exact) mass is 231 g/mol. The fourth-order valence-electron chi connectivity index (χ4n) is 3.35. The van der Waals surface area contributed by atoms with E-state index < -0.39 is 0 Å². The summed E-state index contributed by atoms with van der Waals surface area (Å²) in [6.07, 6.45) is 14.2. The number of carbonyl (C=O) groups is 1. The van der Waals surface area contributed by atoms with Gasteiger partial charge in [-0.05, 0) is 37.2 Å². The van der Waals surface area contributed by atoms with Gasteiger partial charge in [0.2, 0.25) is 0 Å². The molecule has 2 heteroatoms. The zero-order valence-electron chi connectivity index (χ0n) is 10.5. The lowest BCUT2D eigenvalue weighted by molar-refractivity contribution is 0.0973. The van der Waals surface area contributed by atoms with Gasteiger partial charge in [0.1, 0.15) is 0 Å². The van der Waals surface area contributed by atoms with Crippen LogP contribution in [0.3, 0.4) is 0 Å². The molecule has 2 aliphatic carbocycles. The van der Waals surface area contributed by atoms with Crippen molar-refractivity contribution in [1.29, 1.82) is 0 Å². The Bertz CT molecular complexity index is 413. The van der Waals surface area contributed by atoms with E-state index in [0.717, 1.165) is 37.3 Å². The fraction of sp³-hybridized carbons (Fsp3) is 0.667. The van der Waals surface area contributed by atoms with Crippen LogP contribution in [-0.2, 0) is 13.0 Å². The van der Waals surface area contributed by atoms with Gasteiger partial charge in [-0.1, -0.05) is 19.3 Å². The van der Waals surface area contributed by atoms with Crippen molar-refractivity contribution in [3.63, 3.8) is 0 Å². The number of ketones is 1. The molecular weight excluding hydrogens is 210 g/mol. The average molecular weight is 231 g/mol. The zero-order valence-corrected chi connectivity index (χ0v) is 10.5. The molecule has 2 aliphatic rings. The number of rotatable bonds is 2. The van der Waals surface area contributed by atoms with E-state index in [4.69, 9.17) is 0 Å². The standard InChI is InChI=1S/C15H21NO/c17-15-8-4-7-13-10-16(11-14(13)15)9-12-5-2-1-3-6-12/h10-12H,1-9H2. The van der Waals surface area contributed by atoms with E-state index in [2.05, 4.69) is 17.0 Å². The Labute approximate surface area is 103 Å². The van der Waals surface area contributed by atoms with Gasteiger partial charge >= 0.3 is 0 Å². The molecule has 0 amide bonds. The molecule has 0 radical (unpaired) electrons. The smallest absolute Gasteiger partial charge is 0.164 e. The van der Waals surface area contributed by atoms with Gasteiger partial charge in [0, 0.05) is 30.9 Å². The van der Waals surface area contributed by atoms with Crippen molar-refractivity contribution in [2.24, 2.45) is 5.92 Å². The Morgan fingerprint density at radius 2 is 1.88 bits per heavy atom. The van der Waals surface area contributed by atoms with Crippen LogP contribution in [0.5, 0.6) is 0 Å². The molecule has 0 aliphatic heterocycles. The largest absolute Gasteiger partial charge is 0.353 e. The van der Waals surface area contributed by atoms with Gasteiger partial charge in [0.05, 0.1) is 0 Å². The van der Waals surface area contributed by atoms with E-state index in [-0.39, 0.29) is 0 Å². The van der Waals surface area contributed by atoms with Gasteiger partial charge in [-0.2, -0.15) is 0 Å². The first-order valence-corrected chi connectivity index (χ1v) is 7.05. The van der Waals surface area contributed by atoms with Gasteiger partial charge in [-0.15, -0.1) is 0 Å². The SMILES string of the molecule is O=C1CCCc2cn(CC3CCCCC3)cc21. The molecule has 0 bridgehead atoms. The molecule has 0 N–H and O–H groups in total. The minimum absolute atomic E-state index is 0.355. The lowest BCUT2D eigenvalue weighted by atomic mass is 9.89. The first-order valence-electron chi connectivity index (χ1n) is 7.05. The van der Waals surface area contributed by atoms with Crippen LogP contribution in [0.15, 0.2) is 12.4 Å².